The summed E-state index contributed by atoms with van der Waals surface area (Å²) in [5.41, 5.74) is 8.88. The third-order valence-corrected chi connectivity index (χ3v) is 9.97. The molecular formula is C46H26N4O2. The minimum absolute atomic E-state index is 0.574. The van der Waals surface area contributed by atoms with E-state index in [2.05, 4.69) is 83.8 Å². The lowest BCUT2D eigenvalue weighted by Gasteiger charge is -2.15. The van der Waals surface area contributed by atoms with E-state index in [-0.39, 0.29) is 0 Å². The molecule has 6 heteroatoms. The Bertz CT molecular complexity index is 3200. The molecule has 0 amide bonds. The molecule has 0 aliphatic rings. The average molecular weight is 667 g/mol. The number of para-hydroxylation sites is 1. The normalized spacial score (nSPS) is 11.8. The van der Waals surface area contributed by atoms with E-state index in [1.807, 2.05) is 79.0 Å². The van der Waals surface area contributed by atoms with Gasteiger partial charge in [-0.15, -0.1) is 0 Å². The lowest BCUT2D eigenvalue weighted by molar-refractivity contribution is 0.669. The van der Waals surface area contributed by atoms with Gasteiger partial charge in [-0.25, -0.2) is 15.0 Å². The predicted molar refractivity (Wildman–Crippen MR) is 209 cm³/mol. The van der Waals surface area contributed by atoms with Gasteiger partial charge >= 0.3 is 0 Å². The Morgan fingerprint density at radius 2 is 1.06 bits per heavy atom. The Morgan fingerprint density at radius 3 is 1.94 bits per heavy atom. The van der Waals surface area contributed by atoms with Crippen LogP contribution in [0.5, 0.6) is 0 Å². The van der Waals surface area contributed by atoms with Crippen molar-refractivity contribution in [3.63, 3.8) is 0 Å². The third kappa shape index (κ3) is 4.38. The summed E-state index contributed by atoms with van der Waals surface area (Å²) >= 11 is 0. The van der Waals surface area contributed by atoms with E-state index >= 15 is 0 Å². The molecule has 0 fully saturated rings. The van der Waals surface area contributed by atoms with Gasteiger partial charge in [-0.05, 0) is 58.3 Å². The summed E-state index contributed by atoms with van der Waals surface area (Å²) in [5.74, 6) is 1.75. The molecule has 0 bridgehead atoms. The highest BCUT2D eigenvalue weighted by molar-refractivity contribution is 6.18. The van der Waals surface area contributed by atoms with Crippen molar-refractivity contribution in [3.8, 4) is 45.3 Å². The summed E-state index contributed by atoms with van der Waals surface area (Å²) in [4.78, 5) is 20.4. The van der Waals surface area contributed by atoms with Gasteiger partial charge < -0.3 is 8.83 Å². The first-order chi connectivity index (χ1) is 25.8. The molecule has 11 aromatic rings. The van der Waals surface area contributed by atoms with Gasteiger partial charge in [0.25, 0.3) is 0 Å². The summed E-state index contributed by atoms with van der Waals surface area (Å²) in [6.07, 6.45) is 1.83. The zero-order chi connectivity index (χ0) is 34.2. The van der Waals surface area contributed by atoms with Gasteiger partial charge in [0, 0.05) is 49.8 Å². The van der Waals surface area contributed by atoms with Gasteiger partial charge in [0.05, 0.1) is 5.52 Å². The van der Waals surface area contributed by atoms with E-state index in [9.17, 15) is 0 Å². The van der Waals surface area contributed by atoms with Crippen LogP contribution in [-0.2, 0) is 0 Å². The van der Waals surface area contributed by atoms with Crippen LogP contribution in [0.4, 0.5) is 0 Å². The predicted octanol–water partition coefficient (Wildman–Crippen LogP) is 12.0. The average Bonchev–Trinajstić information content (AvgIpc) is 3.77. The number of fused-ring (bicyclic) bond motifs is 8. The quantitative estimate of drug-likeness (QED) is 0.186. The van der Waals surface area contributed by atoms with Crippen molar-refractivity contribution in [3.05, 3.63) is 158 Å². The Kier molecular flexibility index (Phi) is 6.15. The number of hydrogen-bond donors (Lipinski definition) is 0. The zero-order valence-corrected chi connectivity index (χ0v) is 27.6. The topological polar surface area (TPSA) is 77.8 Å². The van der Waals surface area contributed by atoms with Crippen LogP contribution in [0.15, 0.2) is 167 Å². The maximum absolute atomic E-state index is 6.50. The van der Waals surface area contributed by atoms with Gasteiger partial charge in [-0.2, -0.15) is 0 Å². The molecule has 7 aromatic carbocycles. The number of aromatic nitrogens is 4. The van der Waals surface area contributed by atoms with Crippen molar-refractivity contribution >= 4 is 65.6 Å². The molecule has 4 aromatic heterocycles. The molecule has 11 rings (SSSR count). The van der Waals surface area contributed by atoms with E-state index in [1.54, 1.807) is 0 Å². The summed E-state index contributed by atoms with van der Waals surface area (Å²) in [5, 5.41) is 7.19. The number of benzene rings is 7. The molecule has 0 radical (unpaired) electrons. The molecule has 0 aliphatic carbocycles. The van der Waals surface area contributed by atoms with Gasteiger partial charge in [0.15, 0.2) is 17.5 Å². The molecular weight excluding hydrogens is 641 g/mol. The van der Waals surface area contributed by atoms with Crippen LogP contribution >= 0.6 is 0 Å². The second-order valence-electron chi connectivity index (χ2n) is 13.0. The Morgan fingerprint density at radius 1 is 0.385 bits per heavy atom. The molecule has 6 nitrogen and oxygen atoms in total. The minimum Gasteiger partial charge on any atom is -0.456 e. The minimum atomic E-state index is 0.574. The van der Waals surface area contributed by atoms with Crippen molar-refractivity contribution in [2.45, 2.75) is 0 Å². The summed E-state index contributed by atoms with van der Waals surface area (Å²) in [6, 6.07) is 51.5. The van der Waals surface area contributed by atoms with E-state index in [1.165, 1.54) is 0 Å². The second-order valence-corrected chi connectivity index (χ2v) is 13.0. The van der Waals surface area contributed by atoms with Crippen molar-refractivity contribution in [2.75, 3.05) is 0 Å². The summed E-state index contributed by atoms with van der Waals surface area (Å²) < 4.78 is 12.8. The highest BCUT2D eigenvalue weighted by Crippen LogP contribution is 2.44. The van der Waals surface area contributed by atoms with Gasteiger partial charge in [0.2, 0.25) is 0 Å². The van der Waals surface area contributed by atoms with E-state index in [0.29, 0.717) is 17.5 Å². The molecule has 4 heterocycles. The van der Waals surface area contributed by atoms with Crippen LogP contribution in [0.2, 0.25) is 0 Å². The molecule has 242 valence electrons. The maximum Gasteiger partial charge on any atom is 0.165 e. The van der Waals surface area contributed by atoms with E-state index < -0.39 is 0 Å². The number of pyridine rings is 1. The van der Waals surface area contributed by atoms with Crippen LogP contribution in [0.25, 0.3) is 111 Å². The van der Waals surface area contributed by atoms with Gasteiger partial charge in [-0.3, -0.25) is 4.98 Å². The standard InChI is InChI=1S/C46H26N4O2/c1-2-12-28(13-3-1)44-48-45(34-18-9-21-39-42(34)33-16-6-7-19-37(33)51-39)50-46(49-44)43-30-15-5-4-11-27(30)22-23-32(43)31-17-8-20-38-41(31)35-26-36-29(14-10-24-47-36)25-40(35)52-38/h1-26H. The first-order valence-electron chi connectivity index (χ1n) is 17.2. The number of rotatable bonds is 4. The number of furan rings is 2. The Labute approximate surface area is 296 Å². The summed E-state index contributed by atoms with van der Waals surface area (Å²) in [6.45, 7) is 0. The monoisotopic (exact) mass is 666 g/mol. The highest BCUT2D eigenvalue weighted by atomic mass is 16.3. The molecule has 0 N–H and O–H groups in total. The Hall–Kier alpha value is -7.18. The smallest absolute Gasteiger partial charge is 0.165 e. The van der Waals surface area contributed by atoms with Gasteiger partial charge in [-0.1, -0.05) is 115 Å². The molecule has 52 heavy (non-hydrogen) atoms. The fourth-order valence-electron chi connectivity index (χ4n) is 7.64. The third-order valence-electron chi connectivity index (χ3n) is 9.97. The first kappa shape index (κ1) is 28.6. The summed E-state index contributed by atoms with van der Waals surface area (Å²) in [7, 11) is 0. The van der Waals surface area contributed by atoms with Crippen LogP contribution in [0.1, 0.15) is 0 Å². The zero-order valence-electron chi connectivity index (χ0n) is 27.6. The van der Waals surface area contributed by atoms with Crippen molar-refractivity contribution in [2.24, 2.45) is 0 Å². The fourth-order valence-corrected chi connectivity index (χ4v) is 7.64. The maximum atomic E-state index is 6.50. The van der Waals surface area contributed by atoms with Crippen LogP contribution in [0.3, 0.4) is 0 Å². The molecule has 0 unspecified atom stereocenters. The van der Waals surface area contributed by atoms with Crippen LogP contribution in [-0.4, -0.2) is 19.9 Å². The van der Waals surface area contributed by atoms with Gasteiger partial charge in [0.1, 0.15) is 22.3 Å². The number of hydrogen-bond acceptors (Lipinski definition) is 6. The lowest BCUT2D eigenvalue weighted by atomic mass is 9.91. The van der Waals surface area contributed by atoms with Crippen molar-refractivity contribution in [1.82, 2.24) is 19.9 Å². The first-order valence-corrected chi connectivity index (χ1v) is 17.2. The largest absolute Gasteiger partial charge is 0.456 e. The molecule has 0 saturated heterocycles. The van der Waals surface area contributed by atoms with Crippen LogP contribution < -0.4 is 0 Å². The molecule has 0 atom stereocenters. The fraction of sp³-hybridized carbons (Fsp3) is 0. The van der Waals surface area contributed by atoms with Crippen molar-refractivity contribution in [1.29, 1.82) is 0 Å². The highest BCUT2D eigenvalue weighted by Gasteiger charge is 2.23. The second kappa shape index (κ2) is 11.2. The van der Waals surface area contributed by atoms with Crippen molar-refractivity contribution < 1.29 is 8.83 Å². The Balaban J connectivity index is 1.24. The SMILES string of the molecule is c1ccc(-c2nc(-c3c(-c4cccc5oc6cc7cccnc7cc6c45)ccc4ccccc34)nc(-c3cccc4oc5ccccc5c34)n2)cc1. The molecule has 0 spiro atoms. The van der Waals surface area contributed by atoms with E-state index in [4.69, 9.17) is 23.8 Å². The van der Waals surface area contributed by atoms with Crippen LogP contribution in [0, 0.1) is 0 Å². The molecule has 0 saturated carbocycles. The lowest BCUT2D eigenvalue weighted by Crippen LogP contribution is -2.02. The molecule has 0 aliphatic heterocycles. The van der Waals surface area contributed by atoms with E-state index in [0.717, 1.165) is 93.4 Å². The number of nitrogens with zero attached hydrogens (tertiary/aromatic N) is 4.